The zero-order chi connectivity index (χ0) is 21.9. The first-order valence-corrected chi connectivity index (χ1v) is 11.6. The maximum absolute atomic E-state index is 13.1. The van der Waals surface area contributed by atoms with Crippen molar-refractivity contribution in [1.82, 2.24) is 19.7 Å². The van der Waals surface area contributed by atoms with Crippen LogP contribution in [0.3, 0.4) is 0 Å². The molecule has 2 aromatic carbocycles. The molecule has 4 aromatic rings. The predicted molar refractivity (Wildman–Crippen MR) is 127 cm³/mol. The highest BCUT2D eigenvalue weighted by Crippen LogP contribution is 2.41. The number of pyridine rings is 1. The van der Waals surface area contributed by atoms with E-state index in [9.17, 15) is 4.79 Å². The number of nitrogens with zero attached hydrogens (tertiary/aromatic N) is 4. The zero-order valence-electron chi connectivity index (χ0n) is 17.7. The van der Waals surface area contributed by atoms with Gasteiger partial charge in [0.2, 0.25) is 5.91 Å². The Labute approximate surface area is 191 Å². The number of para-hydroxylation sites is 1. The average molecular weight is 442 g/mol. The molecule has 2 aromatic heterocycles. The second-order valence-electron chi connectivity index (χ2n) is 7.80. The number of carbonyl (C=O) groups excluding carboxylic acids is 1. The van der Waals surface area contributed by atoms with E-state index < -0.39 is 0 Å². The minimum atomic E-state index is -0.328. The monoisotopic (exact) mass is 441 g/mol. The van der Waals surface area contributed by atoms with Crippen LogP contribution >= 0.6 is 11.8 Å². The van der Waals surface area contributed by atoms with Crippen molar-refractivity contribution in [2.24, 2.45) is 0 Å². The van der Waals surface area contributed by atoms with E-state index >= 15 is 0 Å². The summed E-state index contributed by atoms with van der Waals surface area (Å²) in [4.78, 5) is 17.2. The third kappa shape index (κ3) is 4.29. The van der Waals surface area contributed by atoms with Crippen molar-refractivity contribution in [1.29, 1.82) is 0 Å². The summed E-state index contributed by atoms with van der Waals surface area (Å²) in [5.74, 6) is 0.772. The molecular weight excluding hydrogens is 418 g/mol. The van der Waals surface area contributed by atoms with E-state index in [0.717, 1.165) is 46.2 Å². The van der Waals surface area contributed by atoms with Gasteiger partial charge in [0, 0.05) is 35.2 Å². The summed E-state index contributed by atoms with van der Waals surface area (Å²) in [6, 6.07) is 22.2. The minimum Gasteiger partial charge on any atom is -0.325 e. The number of hydrogen-bond donors (Lipinski definition) is 1. The molecule has 1 fully saturated rings. The Hall–Kier alpha value is -3.45. The van der Waals surface area contributed by atoms with Gasteiger partial charge in [-0.25, -0.2) is 0 Å². The van der Waals surface area contributed by atoms with E-state index in [1.807, 2.05) is 73.7 Å². The van der Waals surface area contributed by atoms with Crippen LogP contribution < -0.4 is 5.32 Å². The number of anilines is 1. The van der Waals surface area contributed by atoms with Crippen LogP contribution in [-0.2, 0) is 4.79 Å². The zero-order valence-corrected chi connectivity index (χ0v) is 18.5. The van der Waals surface area contributed by atoms with Gasteiger partial charge in [0.05, 0.1) is 5.25 Å². The average Bonchev–Trinajstić information content (AvgIpc) is 3.60. The topological polar surface area (TPSA) is 72.7 Å². The lowest BCUT2D eigenvalue weighted by Crippen LogP contribution is -2.23. The van der Waals surface area contributed by atoms with Crippen molar-refractivity contribution >= 4 is 23.4 Å². The highest BCUT2D eigenvalue weighted by molar-refractivity contribution is 8.00. The molecule has 5 rings (SSSR count). The van der Waals surface area contributed by atoms with Gasteiger partial charge in [-0.1, -0.05) is 60.3 Å². The van der Waals surface area contributed by atoms with Gasteiger partial charge >= 0.3 is 0 Å². The van der Waals surface area contributed by atoms with Crippen molar-refractivity contribution in [3.8, 4) is 22.5 Å². The van der Waals surface area contributed by atoms with Crippen molar-refractivity contribution in [3.63, 3.8) is 0 Å². The first-order chi connectivity index (χ1) is 15.7. The number of carbonyl (C=O) groups is 1. The number of hydrogen-bond acceptors (Lipinski definition) is 5. The molecule has 160 valence electrons. The Balaban J connectivity index is 1.35. The Morgan fingerprint density at radius 3 is 2.44 bits per heavy atom. The summed E-state index contributed by atoms with van der Waals surface area (Å²) in [6.45, 7) is 1.91. The van der Waals surface area contributed by atoms with Gasteiger partial charge in [-0.15, -0.1) is 10.2 Å². The number of rotatable bonds is 7. The molecule has 0 aliphatic heterocycles. The molecule has 32 heavy (non-hydrogen) atoms. The minimum absolute atomic E-state index is 0.0609. The third-order valence-electron chi connectivity index (χ3n) is 5.44. The summed E-state index contributed by atoms with van der Waals surface area (Å²) in [5.41, 5.74) is 3.86. The van der Waals surface area contributed by atoms with E-state index in [4.69, 9.17) is 0 Å². The van der Waals surface area contributed by atoms with Gasteiger partial charge in [0.1, 0.15) is 0 Å². The van der Waals surface area contributed by atoms with E-state index in [1.165, 1.54) is 11.8 Å². The highest BCUT2D eigenvalue weighted by Gasteiger charge is 2.31. The predicted octanol–water partition coefficient (Wildman–Crippen LogP) is 5.46. The maximum Gasteiger partial charge on any atom is 0.237 e. The molecule has 0 saturated heterocycles. The van der Waals surface area contributed by atoms with Gasteiger partial charge in [0.25, 0.3) is 0 Å². The number of thioether (sulfide) groups is 1. The smallest absolute Gasteiger partial charge is 0.237 e. The Morgan fingerprint density at radius 2 is 1.69 bits per heavy atom. The number of amides is 1. The lowest BCUT2D eigenvalue weighted by atomic mass is 10.0. The van der Waals surface area contributed by atoms with Gasteiger partial charge in [-0.05, 0) is 43.5 Å². The first-order valence-electron chi connectivity index (χ1n) is 10.7. The molecule has 0 radical (unpaired) electrons. The van der Waals surface area contributed by atoms with E-state index in [-0.39, 0.29) is 11.2 Å². The molecule has 2 heterocycles. The van der Waals surface area contributed by atoms with Crippen LogP contribution in [0, 0.1) is 0 Å². The molecule has 0 spiro atoms. The summed E-state index contributed by atoms with van der Waals surface area (Å²) < 4.78 is 2.17. The standard InChI is InChI=1S/C25H23N5OS/c1-17(24(31)27-22-10-6-5-9-21(22)18-7-3-2-4-8-18)32-25-29-28-23(30(25)20-11-12-20)19-13-15-26-16-14-19/h2-10,13-17,20H,11-12H2,1H3,(H,27,31). The molecular formula is C25H23N5OS. The quantitative estimate of drug-likeness (QED) is 0.386. The largest absolute Gasteiger partial charge is 0.325 e. The van der Waals surface area contributed by atoms with Crippen LogP contribution in [0.25, 0.3) is 22.5 Å². The molecule has 6 nitrogen and oxygen atoms in total. The van der Waals surface area contributed by atoms with Crippen molar-refractivity contribution in [2.75, 3.05) is 5.32 Å². The fourth-order valence-corrected chi connectivity index (χ4v) is 4.54. The fourth-order valence-electron chi connectivity index (χ4n) is 3.62. The van der Waals surface area contributed by atoms with Crippen LogP contribution in [0.1, 0.15) is 25.8 Å². The van der Waals surface area contributed by atoms with Gasteiger partial charge < -0.3 is 5.32 Å². The van der Waals surface area contributed by atoms with E-state index in [2.05, 4.69) is 25.1 Å². The summed E-state index contributed by atoms with van der Waals surface area (Å²) in [6.07, 6.45) is 5.73. The third-order valence-corrected chi connectivity index (χ3v) is 6.49. The fraction of sp³-hybridized carbons (Fsp3) is 0.200. The molecule has 1 amide bonds. The van der Waals surface area contributed by atoms with Crippen molar-refractivity contribution in [3.05, 3.63) is 79.1 Å². The number of nitrogens with one attached hydrogen (secondary N) is 1. The number of aromatic nitrogens is 4. The summed E-state index contributed by atoms with van der Waals surface area (Å²) in [7, 11) is 0. The van der Waals surface area contributed by atoms with Gasteiger partial charge in [-0.2, -0.15) is 0 Å². The van der Waals surface area contributed by atoms with Gasteiger partial charge in [-0.3, -0.25) is 14.3 Å². The van der Waals surface area contributed by atoms with Gasteiger partial charge in [0.15, 0.2) is 11.0 Å². The lowest BCUT2D eigenvalue weighted by molar-refractivity contribution is -0.115. The Morgan fingerprint density at radius 1 is 0.969 bits per heavy atom. The maximum atomic E-state index is 13.1. The van der Waals surface area contributed by atoms with E-state index in [1.54, 1.807) is 12.4 Å². The normalized spacial score (nSPS) is 14.2. The van der Waals surface area contributed by atoms with Crippen molar-refractivity contribution < 1.29 is 4.79 Å². The van der Waals surface area contributed by atoms with Crippen LogP contribution in [0.5, 0.6) is 0 Å². The molecule has 1 aliphatic carbocycles. The number of benzene rings is 2. The summed E-state index contributed by atoms with van der Waals surface area (Å²) >= 11 is 1.44. The Kier molecular flexibility index (Phi) is 5.73. The summed E-state index contributed by atoms with van der Waals surface area (Å²) in [5, 5.41) is 12.4. The molecule has 1 saturated carbocycles. The molecule has 1 N–H and O–H groups in total. The van der Waals surface area contributed by atoms with Crippen LogP contribution in [0.4, 0.5) is 5.69 Å². The second kappa shape index (κ2) is 8.96. The van der Waals surface area contributed by atoms with Crippen LogP contribution in [0.15, 0.2) is 84.3 Å². The SMILES string of the molecule is CC(Sc1nnc(-c2ccncc2)n1C1CC1)C(=O)Nc1ccccc1-c1ccccc1. The van der Waals surface area contributed by atoms with Crippen LogP contribution in [-0.4, -0.2) is 30.9 Å². The van der Waals surface area contributed by atoms with E-state index in [0.29, 0.717) is 6.04 Å². The molecule has 1 unspecified atom stereocenters. The molecule has 1 aliphatic rings. The lowest BCUT2D eigenvalue weighted by Gasteiger charge is -2.15. The molecule has 0 bridgehead atoms. The molecule has 7 heteroatoms. The first kappa shape index (κ1) is 20.5. The Bertz CT molecular complexity index is 1220. The van der Waals surface area contributed by atoms with Crippen LogP contribution in [0.2, 0.25) is 0 Å². The highest BCUT2D eigenvalue weighted by atomic mass is 32.2. The van der Waals surface area contributed by atoms with Crippen molar-refractivity contribution in [2.45, 2.75) is 36.2 Å². The second-order valence-corrected chi connectivity index (χ2v) is 9.11. The molecule has 1 atom stereocenters.